The predicted octanol–water partition coefficient (Wildman–Crippen LogP) is 18.6. The van der Waals surface area contributed by atoms with E-state index in [1.165, 1.54) is 4.90 Å². The SMILES string of the molecule is [2H]c1c([2H])c(N(c2ccc(-c3cccc(-c4cccc5ccccc45)c3)cc2)c2c([2H])c([2H])c(-c3ccc4c(ccc5ccccc54)c3)c([2H])c2[2H])c([2H])c([2H])c1-c1cc(-c2ccccc2)cc(-c2ccccc2)c1. The van der Waals surface area contributed by atoms with Gasteiger partial charge in [-0.05, 0) is 166 Å². The molecule has 0 aliphatic heterocycles. The van der Waals surface area contributed by atoms with Gasteiger partial charge >= 0.3 is 0 Å². The van der Waals surface area contributed by atoms with Gasteiger partial charge in [0.05, 0.1) is 11.0 Å². The number of hydrogen-bond donors (Lipinski definition) is 0. The number of anilines is 3. The Morgan fingerprint density at radius 3 is 1.30 bits per heavy atom. The topological polar surface area (TPSA) is 3.24 Å². The van der Waals surface area contributed by atoms with Gasteiger partial charge in [0.25, 0.3) is 0 Å². The second kappa shape index (κ2) is 17.3. The van der Waals surface area contributed by atoms with Gasteiger partial charge in [0.2, 0.25) is 0 Å². The molecule has 0 N–H and O–H groups in total. The van der Waals surface area contributed by atoms with Crippen molar-refractivity contribution in [3.05, 3.63) is 273 Å². The van der Waals surface area contributed by atoms with Crippen molar-refractivity contribution < 1.29 is 11.0 Å². The maximum absolute atomic E-state index is 9.84. The van der Waals surface area contributed by atoms with Crippen LogP contribution in [0.1, 0.15) is 11.0 Å². The first-order valence-electron chi connectivity index (χ1n) is 26.4. The van der Waals surface area contributed by atoms with E-state index in [0.29, 0.717) is 16.8 Å². The van der Waals surface area contributed by atoms with Gasteiger partial charge in [-0.1, -0.05) is 206 Å². The first-order chi connectivity index (χ1) is 36.5. The molecule has 0 radical (unpaired) electrons. The lowest BCUT2D eigenvalue weighted by Gasteiger charge is -2.26. The summed E-state index contributed by atoms with van der Waals surface area (Å²) in [6.07, 6.45) is 0. The summed E-state index contributed by atoms with van der Waals surface area (Å²) >= 11 is 0. The second-order valence-electron chi connectivity index (χ2n) is 16.7. The maximum Gasteiger partial charge on any atom is 0.0645 e. The van der Waals surface area contributed by atoms with E-state index in [1.807, 2.05) is 164 Å². The van der Waals surface area contributed by atoms with Crippen molar-refractivity contribution in [1.29, 1.82) is 0 Å². The third-order valence-electron chi connectivity index (χ3n) is 12.6. The second-order valence-corrected chi connectivity index (χ2v) is 16.7. The molecule has 0 aromatic heterocycles. The molecule has 0 fully saturated rings. The highest BCUT2D eigenvalue weighted by atomic mass is 15.1. The molecular formula is C66H45N. The molecule has 67 heavy (non-hydrogen) atoms. The van der Waals surface area contributed by atoms with Crippen molar-refractivity contribution in [3.8, 4) is 66.8 Å². The summed E-state index contributed by atoms with van der Waals surface area (Å²) in [6.45, 7) is 0. The highest BCUT2D eigenvalue weighted by molar-refractivity contribution is 6.08. The molecule has 12 aromatic rings. The predicted molar refractivity (Wildman–Crippen MR) is 286 cm³/mol. The molecule has 314 valence electrons. The molecule has 0 amide bonds. The van der Waals surface area contributed by atoms with Gasteiger partial charge in [-0.2, -0.15) is 0 Å². The summed E-state index contributed by atoms with van der Waals surface area (Å²) < 4.78 is 77.8. The summed E-state index contributed by atoms with van der Waals surface area (Å²) in [5.41, 5.74) is 8.48. The van der Waals surface area contributed by atoms with Crippen LogP contribution in [-0.2, 0) is 0 Å². The smallest absolute Gasteiger partial charge is 0.0645 e. The monoisotopic (exact) mass is 859 g/mol. The summed E-state index contributed by atoms with van der Waals surface area (Å²) in [6, 6.07) is 70.4. The Bertz CT molecular complexity index is 4090. The van der Waals surface area contributed by atoms with E-state index in [2.05, 4.69) is 48.5 Å². The van der Waals surface area contributed by atoms with E-state index >= 15 is 0 Å². The number of fused-ring (bicyclic) bond motifs is 4. The number of benzene rings is 12. The van der Waals surface area contributed by atoms with Crippen molar-refractivity contribution >= 4 is 49.4 Å². The van der Waals surface area contributed by atoms with Crippen LogP contribution < -0.4 is 4.90 Å². The zero-order chi connectivity index (χ0) is 51.5. The molecule has 0 bridgehead atoms. The van der Waals surface area contributed by atoms with Crippen molar-refractivity contribution in [2.45, 2.75) is 0 Å². The highest BCUT2D eigenvalue weighted by Crippen LogP contribution is 2.40. The molecule has 1 heteroatoms. The lowest BCUT2D eigenvalue weighted by molar-refractivity contribution is 1.28. The van der Waals surface area contributed by atoms with Crippen molar-refractivity contribution in [2.75, 3.05) is 4.90 Å². The fourth-order valence-corrected chi connectivity index (χ4v) is 9.18. The molecule has 0 saturated heterocycles. The Morgan fingerprint density at radius 2 is 0.642 bits per heavy atom. The van der Waals surface area contributed by atoms with E-state index in [4.69, 9.17) is 0 Å². The van der Waals surface area contributed by atoms with E-state index in [0.717, 1.165) is 76.8 Å². The largest absolute Gasteiger partial charge is 0.311 e. The quantitative estimate of drug-likeness (QED) is 0.131. The molecule has 12 aromatic carbocycles. The van der Waals surface area contributed by atoms with E-state index < -0.39 is 24.2 Å². The minimum Gasteiger partial charge on any atom is -0.311 e. The van der Waals surface area contributed by atoms with Crippen LogP contribution in [0.25, 0.3) is 99.1 Å². The van der Waals surface area contributed by atoms with Gasteiger partial charge in [0, 0.05) is 17.1 Å². The van der Waals surface area contributed by atoms with Crippen LogP contribution in [0.15, 0.2) is 273 Å². The summed E-state index contributed by atoms with van der Waals surface area (Å²) in [5.74, 6) is 0. The number of rotatable bonds is 9. The van der Waals surface area contributed by atoms with Crippen LogP contribution in [0.3, 0.4) is 0 Å². The first-order valence-corrected chi connectivity index (χ1v) is 22.4. The molecule has 1 nitrogen and oxygen atoms in total. The van der Waals surface area contributed by atoms with Gasteiger partial charge < -0.3 is 4.90 Å². The molecule has 0 aliphatic carbocycles. The zero-order valence-electron chi connectivity index (χ0n) is 44.3. The van der Waals surface area contributed by atoms with Crippen LogP contribution in [0.2, 0.25) is 0 Å². The maximum atomic E-state index is 9.84. The van der Waals surface area contributed by atoms with E-state index in [1.54, 1.807) is 12.1 Å². The van der Waals surface area contributed by atoms with Gasteiger partial charge in [-0.15, -0.1) is 0 Å². The van der Waals surface area contributed by atoms with Crippen LogP contribution in [0.5, 0.6) is 0 Å². The molecule has 0 saturated carbocycles. The van der Waals surface area contributed by atoms with Gasteiger partial charge in [-0.25, -0.2) is 0 Å². The molecule has 0 heterocycles. The van der Waals surface area contributed by atoms with Crippen LogP contribution in [0.4, 0.5) is 17.1 Å². The Hall–Kier alpha value is -8.78. The van der Waals surface area contributed by atoms with E-state index in [-0.39, 0.29) is 46.7 Å². The average molecular weight is 860 g/mol. The zero-order valence-corrected chi connectivity index (χ0v) is 36.3. The molecule has 0 atom stereocenters. The Balaban J connectivity index is 1.04. The van der Waals surface area contributed by atoms with Crippen LogP contribution in [-0.4, -0.2) is 0 Å². The van der Waals surface area contributed by atoms with Crippen LogP contribution >= 0.6 is 0 Å². The lowest BCUT2D eigenvalue weighted by atomic mass is 9.93. The fraction of sp³-hybridized carbons (Fsp3) is 0. The fourth-order valence-electron chi connectivity index (χ4n) is 9.18. The van der Waals surface area contributed by atoms with Crippen molar-refractivity contribution in [1.82, 2.24) is 0 Å². The molecule has 12 rings (SSSR count). The van der Waals surface area contributed by atoms with Gasteiger partial charge in [0.1, 0.15) is 0 Å². The minimum absolute atomic E-state index is 0.0871. The Labute approximate surface area is 403 Å². The van der Waals surface area contributed by atoms with Crippen molar-refractivity contribution in [3.63, 3.8) is 0 Å². The van der Waals surface area contributed by atoms with E-state index in [9.17, 15) is 11.0 Å². The number of hydrogen-bond acceptors (Lipinski definition) is 1. The highest BCUT2D eigenvalue weighted by Gasteiger charge is 2.16. The normalized spacial score (nSPS) is 13.0. The first kappa shape index (κ1) is 32.0. The molecular weight excluding hydrogens is 807 g/mol. The number of nitrogens with zero attached hydrogens (tertiary/aromatic N) is 1. The van der Waals surface area contributed by atoms with Crippen LogP contribution in [0, 0.1) is 0 Å². The Kier molecular flexibility index (Phi) is 8.26. The standard InChI is InChI=1S/C66H45N/c1-3-13-46(14-4-1)57-43-58(47-15-5-2-6-16-47)45-59(44-57)50-31-38-62(39-32-50)67(61-36-29-49(30-37-61)54-33-40-66-56(42-54)26-25-52-18-8-10-23-64(52)66)60-34-27-48(28-35-60)53-20-11-21-55(41-53)65-24-12-19-51-17-7-9-22-63(51)65/h1-45H/i29D,30D,31D,32D,36D,37D,38D,39D. The summed E-state index contributed by atoms with van der Waals surface area (Å²) in [5, 5.41) is 6.28. The lowest BCUT2D eigenvalue weighted by Crippen LogP contribution is -2.09. The van der Waals surface area contributed by atoms with Gasteiger partial charge in [0.15, 0.2) is 0 Å². The third-order valence-corrected chi connectivity index (χ3v) is 12.6. The van der Waals surface area contributed by atoms with Crippen molar-refractivity contribution in [2.24, 2.45) is 0 Å². The summed E-state index contributed by atoms with van der Waals surface area (Å²) in [4.78, 5) is 1.37. The van der Waals surface area contributed by atoms with Gasteiger partial charge in [-0.3, -0.25) is 0 Å². The third kappa shape index (κ3) is 7.84. The minimum atomic E-state index is -0.410. The summed E-state index contributed by atoms with van der Waals surface area (Å²) in [7, 11) is 0. The Morgan fingerprint density at radius 1 is 0.224 bits per heavy atom. The molecule has 0 unspecified atom stereocenters. The molecule has 0 spiro atoms. The average Bonchev–Trinajstić information content (AvgIpc) is 3.46. The molecule has 0 aliphatic rings.